The summed E-state index contributed by atoms with van der Waals surface area (Å²) >= 11 is 0. The zero-order chi connectivity index (χ0) is 18.7. The van der Waals surface area contributed by atoms with Gasteiger partial charge in [0.2, 0.25) is 0 Å². The molecular formula is C17H35IN6O2. The molecule has 0 fully saturated rings. The van der Waals surface area contributed by atoms with E-state index in [1.54, 1.807) is 7.11 Å². The van der Waals surface area contributed by atoms with E-state index < -0.39 is 0 Å². The quantitative estimate of drug-likeness (QED) is 0.217. The minimum atomic E-state index is 0. The lowest BCUT2D eigenvalue weighted by Gasteiger charge is -2.21. The Balaban J connectivity index is 0.00000625. The molecule has 0 amide bonds. The average Bonchev–Trinajstić information content (AvgIpc) is 2.90. The van der Waals surface area contributed by atoms with Crippen molar-refractivity contribution in [2.45, 2.75) is 46.8 Å². The molecule has 1 rings (SSSR count). The summed E-state index contributed by atoms with van der Waals surface area (Å²) in [5.41, 5.74) is 0. The molecule has 0 saturated heterocycles. The molecule has 2 N–H and O–H groups in total. The number of guanidine groups is 1. The molecule has 8 nitrogen and oxygen atoms in total. The van der Waals surface area contributed by atoms with Gasteiger partial charge in [-0.3, -0.25) is 0 Å². The van der Waals surface area contributed by atoms with Crippen LogP contribution in [0.1, 0.15) is 38.8 Å². The summed E-state index contributed by atoms with van der Waals surface area (Å²) in [7, 11) is 3.63. The fraction of sp³-hybridized carbons (Fsp3) is 0.824. The molecule has 0 aliphatic rings. The number of rotatable bonds is 11. The van der Waals surface area contributed by atoms with Crippen LogP contribution in [0.4, 0.5) is 0 Å². The van der Waals surface area contributed by atoms with Gasteiger partial charge in [0.25, 0.3) is 0 Å². The summed E-state index contributed by atoms with van der Waals surface area (Å²) in [5, 5.41) is 14.8. The third kappa shape index (κ3) is 9.13. The van der Waals surface area contributed by atoms with E-state index in [1.807, 2.05) is 25.5 Å². The normalized spacial score (nSPS) is 12.8. The first-order valence-electron chi connectivity index (χ1n) is 8.97. The van der Waals surface area contributed by atoms with Crippen LogP contribution in [0.5, 0.6) is 0 Å². The molecule has 0 saturated carbocycles. The number of aromatic nitrogens is 3. The van der Waals surface area contributed by atoms with Crippen molar-refractivity contribution in [1.29, 1.82) is 0 Å². The minimum Gasteiger partial charge on any atom is -0.383 e. The molecule has 0 bridgehead atoms. The van der Waals surface area contributed by atoms with Gasteiger partial charge in [-0.15, -0.1) is 34.2 Å². The molecule has 0 aliphatic heterocycles. The van der Waals surface area contributed by atoms with Gasteiger partial charge in [-0.1, -0.05) is 13.8 Å². The second-order valence-electron chi connectivity index (χ2n) is 6.26. The van der Waals surface area contributed by atoms with E-state index in [0.717, 1.165) is 37.2 Å². The van der Waals surface area contributed by atoms with Crippen LogP contribution >= 0.6 is 24.0 Å². The number of hydrogen-bond donors (Lipinski definition) is 2. The Labute approximate surface area is 174 Å². The lowest BCUT2D eigenvalue weighted by molar-refractivity contribution is 0.0258. The van der Waals surface area contributed by atoms with Crippen molar-refractivity contribution in [2.24, 2.45) is 18.0 Å². The average molecular weight is 482 g/mol. The maximum atomic E-state index is 5.79. The van der Waals surface area contributed by atoms with E-state index in [0.29, 0.717) is 25.6 Å². The van der Waals surface area contributed by atoms with Gasteiger partial charge in [-0.25, -0.2) is 4.99 Å². The minimum absolute atomic E-state index is 0. The van der Waals surface area contributed by atoms with Crippen molar-refractivity contribution in [1.82, 2.24) is 25.4 Å². The predicted octanol–water partition coefficient (Wildman–Crippen LogP) is 1.87. The SMILES string of the molecule is CCOC(CCNC(=NCc1nnc(C)n1C)NCCOC)C(C)C.I. The second-order valence-corrected chi connectivity index (χ2v) is 6.26. The highest BCUT2D eigenvalue weighted by atomic mass is 127. The van der Waals surface area contributed by atoms with Crippen LogP contribution in [0.3, 0.4) is 0 Å². The third-order valence-electron chi connectivity index (χ3n) is 4.01. The standard InChI is InChI=1S/C17H34N6O2.HI/c1-7-25-15(13(2)3)8-9-18-17(19-10-11-24-6)20-12-16-22-21-14(4)23(16)5;/h13,15H,7-12H2,1-6H3,(H2,18,19,20);1H. The van der Waals surface area contributed by atoms with E-state index in [2.05, 4.69) is 39.7 Å². The molecule has 0 radical (unpaired) electrons. The first-order chi connectivity index (χ1) is 12.0. The lowest BCUT2D eigenvalue weighted by atomic mass is 10.0. The van der Waals surface area contributed by atoms with Crippen molar-refractivity contribution in [3.05, 3.63) is 11.6 Å². The van der Waals surface area contributed by atoms with E-state index in [9.17, 15) is 0 Å². The number of nitrogens with zero attached hydrogens (tertiary/aromatic N) is 4. The predicted molar refractivity (Wildman–Crippen MR) is 115 cm³/mol. The molecular weight excluding hydrogens is 447 g/mol. The largest absolute Gasteiger partial charge is 0.383 e. The van der Waals surface area contributed by atoms with Crippen molar-refractivity contribution < 1.29 is 9.47 Å². The van der Waals surface area contributed by atoms with Gasteiger partial charge >= 0.3 is 0 Å². The third-order valence-corrected chi connectivity index (χ3v) is 4.01. The van der Waals surface area contributed by atoms with Crippen LogP contribution in [0.2, 0.25) is 0 Å². The molecule has 1 atom stereocenters. The van der Waals surface area contributed by atoms with Gasteiger partial charge in [0.1, 0.15) is 12.4 Å². The number of ether oxygens (including phenoxy) is 2. The highest BCUT2D eigenvalue weighted by Crippen LogP contribution is 2.09. The summed E-state index contributed by atoms with van der Waals surface area (Å²) in [6.45, 7) is 11.6. The molecule has 0 spiro atoms. The number of hydrogen-bond acceptors (Lipinski definition) is 5. The van der Waals surface area contributed by atoms with Gasteiger partial charge in [-0.05, 0) is 26.2 Å². The Morgan fingerprint density at radius 1 is 1.23 bits per heavy atom. The summed E-state index contributed by atoms with van der Waals surface area (Å²) in [5.74, 6) is 2.95. The van der Waals surface area contributed by atoms with Crippen LogP contribution in [0, 0.1) is 12.8 Å². The molecule has 0 aromatic carbocycles. The Morgan fingerprint density at radius 2 is 1.92 bits per heavy atom. The van der Waals surface area contributed by atoms with Gasteiger partial charge in [0, 0.05) is 33.9 Å². The van der Waals surface area contributed by atoms with Gasteiger partial charge in [0.05, 0.1) is 12.7 Å². The Morgan fingerprint density at radius 3 is 2.46 bits per heavy atom. The van der Waals surface area contributed by atoms with E-state index >= 15 is 0 Å². The first-order valence-corrected chi connectivity index (χ1v) is 8.97. The number of aliphatic imine (C=N–C) groups is 1. The maximum Gasteiger partial charge on any atom is 0.191 e. The molecule has 1 aromatic rings. The molecule has 1 heterocycles. The van der Waals surface area contributed by atoms with E-state index in [1.165, 1.54) is 0 Å². The fourth-order valence-corrected chi connectivity index (χ4v) is 2.34. The second kappa shape index (κ2) is 14.2. The van der Waals surface area contributed by atoms with E-state index in [4.69, 9.17) is 9.47 Å². The highest BCUT2D eigenvalue weighted by molar-refractivity contribution is 14.0. The number of aryl methyl sites for hydroxylation is 1. The lowest BCUT2D eigenvalue weighted by Crippen LogP contribution is -2.40. The monoisotopic (exact) mass is 482 g/mol. The van der Waals surface area contributed by atoms with Crippen molar-refractivity contribution >= 4 is 29.9 Å². The van der Waals surface area contributed by atoms with Crippen LogP contribution in [0.15, 0.2) is 4.99 Å². The molecule has 1 unspecified atom stereocenters. The maximum absolute atomic E-state index is 5.79. The summed E-state index contributed by atoms with van der Waals surface area (Å²) in [4.78, 5) is 4.60. The molecule has 0 aliphatic carbocycles. The van der Waals surface area contributed by atoms with Gasteiger partial charge < -0.3 is 24.7 Å². The Bertz CT molecular complexity index is 521. The summed E-state index contributed by atoms with van der Waals surface area (Å²) in [6.07, 6.45) is 1.18. The number of nitrogens with one attached hydrogen (secondary N) is 2. The first kappa shape index (κ1) is 25.1. The van der Waals surface area contributed by atoms with Gasteiger partial charge in [-0.2, -0.15) is 0 Å². The van der Waals surface area contributed by atoms with Crippen molar-refractivity contribution in [2.75, 3.05) is 33.4 Å². The summed E-state index contributed by atoms with van der Waals surface area (Å²) < 4.78 is 12.8. The molecule has 9 heteroatoms. The van der Waals surface area contributed by atoms with E-state index in [-0.39, 0.29) is 30.1 Å². The Hall–Kier alpha value is -0.940. The van der Waals surface area contributed by atoms with Crippen molar-refractivity contribution in [3.8, 4) is 0 Å². The van der Waals surface area contributed by atoms with Crippen LogP contribution in [0.25, 0.3) is 0 Å². The topological polar surface area (TPSA) is 85.6 Å². The zero-order valence-corrected chi connectivity index (χ0v) is 19.2. The molecule has 1 aromatic heterocycles. The number of halogens is 1. The van der Waals surface area contributed by atoms with Crippen LogP contribution in [-0.2, 0) is 23.1 Å². The van der Waals surface area contributed by atoms with Crippen LogP contribution < -0.4 is 10.6 Å². The molecule has 26 heavy (non-hydrogen) atoms. The van der Waals surface area contributed by atoms with Crippen LogP contribution in [-0.4, -0.2) is 60.2 Å². The molecule has 152 valence electrons. The highest BCUT2D eigenvalue weighted by Gasteiger charge is 2.13. The fourth-order valence-electron chi connectivity index (χ4n) is 2.34. The van der Waals surface area contributed by atoms with Gasteiger partial charge in [0.15, 0.2) is 11.8 Å². The van der Waals surface area contributed by atoms with Crippen molar-refractivity contribution in [3.63, 3.8) is 0 Å². The zero-order valence-electron chi connectivity index (χ0n) is 16.9. The smallest absolute Gasteiger partial charge is 0.191 e. The number of methoxy groups -OCH3 is 1. The Kier molecular flexibility index (Phi) is 13.6. The summed E-state index contributed by atoms with van der Waals surface area (Å²) in [6, 6.07) is 0.